The van der Waals surface area contributed by atoms with Crippen molar-refractivity contribution in [3.63, 3.8) is 0 Å². The van der Waals surface area contributed by atoms with Crippen molar-refractivity contribution in [2.45, 2.75) is 13.3 Å². The van der Waals surface area contributed by atoms with Crippen molar-refractivity contribution < 1.29 is 13.9 Å². The summed E-state index contributed by atoms with van der Waals surface area (Å²) in [7, 11) is 0. The Morgan fingerprint density at radius 2 is 2.15 bits per heavy atom. The molecule has 0 spiro atoms. The number of carbonyl (C=O) groups is 1. The first-order valence-corrected chi connectivity index (χ1v) is 7.18. The molecule has 0 atom stereocenters. The van der Waals surface area contributed by atoms with E-state index in [1.807, 2.05) is 5.38 Å². The van der Waals surface area contributed by atoms with E-state index in [1.165, 1.54) is 23.5 Å². The van der Waals surface area contributed by atoms with Crippen molar-refractivity contribution in [2.75, 3.05) is 18.5 Å². The third kappa shape index (κ3) is 4.03. The van der Waals surface area contributed by atoms with Crippen molar-refractivity contribution in [1.82, 2.24) is 4.98 Å². The minimum Gasteiger partial charge on any atom is -0.466 e. The molecule has 1 N–H and O–H groups in total. The van der Waals surface area contributed by atoms with Gasteiger partial charge in [-0.1, -0.05) is 0 Å². The SMILES string of the molecule is CCOC(=O)CCNc1nc(-c2ccc(F)cc2)cs1. The van der Waals surface area contributed by atoms with E-state index in [2.05, 4.69) is 10.3 Å². The summed E-state index contributed by atoms with van der Waals surface area (Å²) >= 11 is 1.45. The molecule has 0 fully saturated rings. The lowest BCUT2D eigenvalue weighted by Gasteiger charge is -2.02. The Labute approximate surface area is 120 Å². The van der Waals surface area contributed by atoms with Crippen LogP contribution in [0.25, 0.3) is 11.3 Å². The molecule has 0 radical (unpaired) electrons. The maximum absolute atomic E-state index is 12.8. The van der Waals surface area contributed by atoms with Crippen LogP contribution in [0, 0.1) is 5.82 Å². The fraction of sp³-hybridized carbons (Fsp3) is 0.286. The van der Waals surface area contributed by atoms with Gasteiger partial charge in [0.05, 0.1) is 18.7 Å². The second kappa shape index (κ2) is 7.00. The van der Waals surface area contributed by atoms with Crippen molar-refractivity contribution in [1.29, 1.82) is 0 Å². The molecular formula is C14H15FN2O2S. The van der Waals surface area contributed by atoms with Gasteiger partial charge in [-0.15, -0.1) is 11.3 Å². The lowest BCUT2D eigenvalue weighted by atomic mass is 10.2. The van der Waals surface area contributed by atoms with E-state index in [4.69, 9.17) is 4.74 Å². The highest BCUT2D eigenvalue weighted by molar-refractivity contribution is 7.14. The molecule has 0 unspecified atom stereocenters. The Balaban J connectivity index is 1.89. The average Bonchev–Trinajstić information content (AvgIpc) is 2.89. The van der Waals surface area contributed by atoms with Crippen LogP contribution in [-0.2, 0) is 9.53 Å². The molecule has 1 aromatic heterocycles. The van der Waals surface area contributed by atoms with Crippen LogP contribution in [0.1, 0.15) is 13.3 Å². The van der Waals surface area contributed by atoms with Gasteiger partial charge in [0.1, 0.15) is 5.82 Å². The monoisotopic (exact) mass is 294 g/mol. The molecule has 106 valence electrons. The minimum absolute atomic E-state index is 0.227. The molecule has 6 heteroatoms. The molecule has 20 heavy (non-hydrogen) atoms. The minimum atomic E-state index is -0.267. The lowest BCUT2D eigenvalue weighted by molar-refractivity contribution is -0.142. The molecule has 0 saturated heterocycles. The Bertz CT molecular complexity index is 569. The van der Waals surface area contributed by atoms with Gasteiger partial charge < -0.3 is 10.1 Å². The first kappa shape index (κ1) is 14.5. The second-order valence-electron chi connectivity index (χ2n) is 4.03. The van der Waals surface area contributed by atoms with Gasteiger partial charge in [0.25, 0.3) is 0 Å². The molecule has 1 heterocycles. The zero-order valence-corrected chi connectivity index (χ0v) is 11.9. The number of aromatic nitrogens is 1. The normalized spacial score (nSPS) is 10.3. The van der Waals surface area contributed by atoms with Gasteiger partial charge in [-0.05, 0) is 31.2 Å². The number of benzene rings is 1. The van der Waals surface area contributed by atoms with Crippen LogP contribution in [0.5, 0.6) is 0 Å². The molecule has 0 bridgehead atoms. The zero-order valence-electron chi connectivity index (χ0n) is 11.1. The fourth-order valence-electron chi connectivity index (χ4n) is 1.61. The Morgan fingerprint density at radius 1 is 1.40 bits per heavy atom. The molecule has 1 aromatic carbocycles. The van der Waals surface area contributed by atoms with Gasteiger partial charge in [0.15, 0.2) is 5.13 Å². The largest absolute Gasteiger partial charge is 0.466 e. The van der Waals surface area contributed by atoms with E-state index in [-0.39, 0.29) is 11.8 Å². The number of nitrogens with one attached hydrogen (secondary N) is 1. The number of thiazole rings is 1. The number of nitrogens with zero attached hydrogens (tertiary/aromatic N) is 1. The number of esters is 1. The van der Waals surface area contributed by atoms with Gasteiger partial charge in [-0.25, -0.2) is 9.37 Å². The van der Waals surface area contributed by atoms with Gasteiger partial charge in [-0.3, -0.25) is 4.79 Å². The quantitative estimate of drug-likeness (QED) is 0.830. The van der Waals surface area contributed by atoms with Gasteiger partial charge in [-0.2, -0.15) is 0 Å². The van der Waals surface area contributed by atoms with E-state index < -0.39 is 0 Å². The third-order valence-corrected chi connectivity index (χ3v) is 3.35. The summed E-state index contributed by atoms with van der Waals surface area (Å²) in [6, 6.07) is 6.19. The number of ether oxygens (including phenoxy) is 1. The van der Waals surface area contributed by atoms with E-state index in [0.717, 1.165) is 16.4 Å². The smallest absolute Gasteiger partial charge is 0.307 e. The van der Waals surface area contributed by atoms with Crippen LogP contribution >= 0.6 is 11.3 Å². The first-order chi connectivity index (χ1) is 9.69. The van der Waals surface area contributed by atoms with Crippen molar-refractivity contribution in [3.8, 4) is 11.3 Å². The number of anilines is 1. The van der Waals surface area contributed by atoms with Crippen molar-refractivity contribution in [2.24, 2.45) is 0 Å². The summed E-state index contributed by atoms with van der Waals surface area (Å²) in [6.45, 7) is 2.65. The molecule has 0 aliphatic rings. The molecule has 2 aromatic rings. The average molecular weight is 294 g/mol. The van der Waals surface area contributed by atoms with Gasteiger partial charge in [0.2, 0.25) is 0 Å². The number of rotatable bonds is 6. The number of hydrogen-bond acceptors (Lipinski definition) is 5. The summed E-state index contributed by atoms with van der Waals surface area (Å²) in [5.41, 5.74) is 1.65. The summed E-state index contributed by atoms with van der Waals surface area (Å²) < 4.78 is 17.7. The number of carbonyl (C=O) groups excluding carboxylic acids is 1. The van der Waals surface area contributed by atoms with E-state index in [1.54, 1.807) is 19.1 Å². The molecule has 0 aliphatic carbocycles. The topological polar surface area (TPSA) is 51.2 Å². The maximum Gasteiger partial charge on any atom is 0.307 e. The second-order valence-corrected chi connectivity index (χ2v) is 4.88. The molecule has 4 nitrogen and oxygen atoms in total. The molecule has 0 saturated carbocycles. The summed E-state index contributed by atoms with van der Waals surface area (Å²) in [5, 5.41) is 5.69. The summed E-state index contributed by atoms with van der Waals surface area (Å²) in [5.74, 6) is -0.493. The standard InChI is InChI=1S/C14H15FN2O2S/c1-2-19-13(18)7-8-16-14-17-12(9-20-14)10-3-5-11(15)6-4-10/h3-6,9H,2,7-8H2,1H3,(H,16,17). The fourth-order valence-corrected chi connectivity index (χ4v) is 2.36. The Morgan fingerprint density at radius 3 is 2.85 bits per heavy atom. The Hall–Kier alpha value is -1.95. The number of halogens is 1. The van der Waals surface area contributed by atoms with E-state index in [9.17, 15) is 9.18 Å². The molecule has 2 rings (SSSR count). The zero-order chi connectivity index (χ0) is 14.4. The van der Waals surface area contributed by atoms with Crippen LogP contribution in [-0.4, -0.2) is 24.1 Å². The lowest BCUT2D eigenvalue weighted by Crippen LogP contribution is -2.11. The first-order valence-electron chi connectivity index (χ1n) is 6.30. The van der Waals surface area contributed by atoms with Crippen molar-refractivity contribution in [3.05, 3.63) is 35.5 Å². The number of hydrogen-bond donors (Lipinski definition) is 1. The Kier molecular flexibility index (Phi) is 5.06. The maximum atomic E-state index is 12.8. The predicted molar refractivity (Wildman–Crippen MR) is 77.2 cm³/mol. The van der Waals surface area contributed by atoms with E-state index in [0.29, 0.717) is 19.6 Å². The van der Waals surface area contributed by atoms with E-state index >= 15 is 0 Å². The highest BCUT2D eigenvalue weighted by Gasteiger charge is 2.06. The van der Waals surface area contributed by atoms with Crippen LogP contribution in [0.3, 0.4) is 0 Å². The molecular weight excluding hydrogens is 279 g/mol. The summed E-state index contributed by atoms with van der Waals surface area (Å²) in [6.07, 6.45) is 0.305. The highest BCUT2D eigenvalue weighted by Crippen LogP contribution is 2.24. The third-order valence-electron chi connectivity index (χ3n) is 2.55. The van der Waals surface area contributed by atoms with Crippen molar-refractivity contribution >= 4 is 22.4 Å². The van der Waals surface area contributed by atoms with Crippen LogP contribution < -0.4 is 5.32 Å². The van der Waals surface area contributed by atoms with Crippen LogP contribution in [0.4, 0.5) is 9.52 Å². The van der Waals surface area contributed by atoms with Crippen LogP contribution in [0.2, 0.25) is 0 Å². The van der Waals surface area contributed by atoms with Crippen LogP contribution in [0.15, 0.2) is 29.6 Å². The van der Waals surface area contributed by atoms with Gasteiger partial charge >= 0.3 is 5.97 Å². The molecule has 0 aliphatic heterocycles. The predicted octanol–water partition coefficient (Wildman–Crippen LogP) is 3.31. The highest BCUT2D eigenvalue weighted by atomic mass is 32.1. The van der Waals surface area contributed by atoms with Gasteiger partial charge in [0, 0.05) is 17.5 Å². The summed E-state index contributed by atoms with van der Waals surface area (Å²) in [4.78, 5) is 15.6. The molecule has 0 amide bonds.